The first kappa shape index (κ1) is 18.6. The number of carbonyl (C=O) groups excluding carboxylic acids is 1. The van der Waals surface area contributed by atoms with Crippen molar-refractivity contribution in [1.29, 1.82) is 0 Å². The highest BCUT2D eigenvalue weighted by atomic mass is 19.1. The number of halogens is 1. The second kappa shape index (κ2) is 7.99. The van der Waals surface area contributed by atoms with E-state index in [1.807, 2.05) is 10.9 Å². The molecule has 1 aliphatic heterocycles. The molecule has 0 unspecified atom stereocenters. The fourth-order valence-electron chi connectivity index (χ4n) is 3.51. The number of methoxy groups -OCH3 is 1. The van der Waals surface area contributed by atoms with Gasteiger partial charge >= 0.3 is 0 Å². The van der Waals surface area contributed by atoms with Crippen LogP contribution >= 0.6 is 0 Å². The van der Waals surface area contributed by atoms with Crippen LogP contribution in [0.2, 0.25) is 0 Å². The molecule has 1 aromatic heterocycles. The largest absolute Gasteiger partial charge is 0.496 e. The van der Waals surface area contributed by atoms with Crippen LogP contribution in [0.25, 0.3) is 0 Å². The molecule has 0 aliphatic carbocycles. The first-order chi connectivity index (χ1) is 12.5. The number of carbonyl (C=O) groups is 1. The van der Waals surface area contributed by atoms with Crippen LogP contribution < -0.4 is 4.74 Å². The zero-order valence-corrected chi connectivity index (χ0v) is 15.6. The number of likely N-dealkylation sites (tertiary alicyclic amines) is 1. The van der Waals surface area contributed by atoms with E-state index in [2.05, 4.69) is 30.0 Å². The third-order valence-corrected chi connectivity index (χ3v) is 4.89. The van der Waals surface area contributed by atoms with Crippen LogP contribution in [-0.4, -0.2) is 40.7 Å². The predicted molar refractivity (Wildman–Crippen MR) is 97.9 cm³/mol. The number of rotatable bonds is 6. The maximum atomic E-state index is 13.6. The van der Waals surface area contributed by atoms with Crippen LogP contribution in [0.1, 0.15) is 48.7 Å². The number of hydrogen-bond acceptors (Lipinski definition) is 4. The van der Waals surface area contributed by atoms with Gasteiger partial charge in [0.25, 0.3) is 0 Å². The molecule has 1 fully saturated rings. The maximum Gasteiger partial charge on any atom is 0.171 e. The van der Waals surface area contributed by atoms with Gasteiger partial charge in [-0.15, -0.1) is 0 Å². The van der Waals surface area contributed by atoms with Gasteiger partial charge in [0.2, 0.25) is 0 Å². The molecule has 140 valence electrons. The number of Topliss-reactive ketones (excluding diaryl/α,β-unsaturated/α-hetero) is 1. The van der Waals surface area contributed by atoms with Gasteiger partial charge in [0.05, 0.1) is 18.9 Å². The van der Waals surface area contributed by atoms with E-state index in [9.17, 15) is 9.18 Å². The van der Waals surface area contributed by atoms with Crippen LogP contribution in [0.3, 0.4) is 0 Å². The molecule has 26 heavy (non-hydrogen) atoms. The molecule has 3 rings (SSSR count). The summed E-state index contributed by atoms with van der Waals surface area (Å²) < 4.78 is 20.8. The summed E-state index contributed by atoms with van der Waals surface area (Å²) in [5.74, 6) is -0.154. The average Bonchev–Trinajstić information content (AvgIpc) is 3.10. The van der Waals surface area contributed by atoms with Gasteiger partial charge in [0, 0.05) is 36.8 Å². The Balaban J connectivity index is 1.69. The van der Waals surface area contributed by atoms with Crippen molar-refractivity contribution in [2.75, 3.05) is 20.2 Å². The molecule has 0 amide bonds. The van der Waals surface area contributed by atoms with Crippen molar-refractivity contribution in [2.45, 2.75) is 39.3 Å². The molecule has 1 atom stereocenters. The zero-order valence-electron chi connectivity index (χ0n) is 15.6. The number of aromatic nitrogens is 2. The number of nitrogens with zero attached hydrogens (tertiary/aromatic N) is 3. The first-order valence-corrected chi connectivity index (χ1v) is 9.11. The summed E-state index contributed by atoms with van der Waals surface area (Å²) in [4.78, 5) is 15.2. The van der Waals surface area contributed by atoms with E-state index >= 15 is 0 Å². The Morgan fingerprint density at radius 2 is 2.23 bits per heavy atom. The van der Waals surface area contributed by atoms with Gasteiger partial charge in [-0.05, 0) is 51.4 Å². The van der Waals surface area contributed by atoms with Crippen molar-refractivity contribution in [3.05, 3.63) is 47.5 Å². The Labute approximate surface area is 153 Å². The van der Waals surface area contributed by atoms with E-state index in [-0.39, 0.29) is 11.7 Å². The molecule has 5 nitrogen and oxygen atoms in total. The summed E-state index contributed by atoms with van der Waals surface area (Å²) in [6.45, 7) is 6.59. The Morgan fingerprint density at radius 3 is 2.92 bits per heavy atom. The van der Waals surface area contributed by atoms with Crippen molar-refractivity contribution < 1.29 is 13.9 Å². The third kappa shape index (κ3) is 4.12. The summed E-state index contributed by atoms with van der Waals surface area (Å²) in [6, 6.07) is 4.45. The van der Waals surface area contributed by atoms with Gasteiger partial charge in [0.15, 0.2) is 5.78 Å². The highest BCUT2D eigenvalue weighted by molar-refractivity contribution is 6.00. The number of piperidine rings is 1. The van der Waals surface area contributed by atoms with E-state index in [4.69, 9.17) is 4.74 Å². The quantitative estimate of drug-likeness (QED) is 0.738. The highest BCUT2D eigenvalue weighted by Crippen LogP contribution is 2.27. The molecule has 0 radical (unpaired) electrons. The highest BCUT2D eigenvalue weighted by Gasteiger charge is 2.28. The van der Waals surface area contributed by atoms with E-state index in [0.29, 0.717) is 23.9 Å². The van der Waals surface area contributed by atoms with Crippen molar-refractivity contribution in [2.24, 2.45) is 5.92 Å². The van der Waals surface area contributed by atoms with Gasteiger partial charge in [-0.25, -0.2) is 4.39 Å². The summed E-state index contributed by atoms with van der Waals surface area (Å²) in [5.41, 5.74) is 1.49. The first-order valence-electron chi connectivity index (χ1n) is 9.11. The number of hydrogen-bond donors (Lipinski definition) is 0. The fourth-order valence-corrected chi connectivity index (χ4v) is 3.51. The molecule has 6 heteroatoms. The summed E-state index contributed by atoms with van der Waals surface area (Å²) >= 11 is 0. The van der Waals surface area contributed by atoms with Crippen LogP contribution in [0, 0.1) is 11.7 Å². The maximum absolute atomic E-state index is 13.6. The lowest BCUT2D eigenvalue weighted by atomic mass is 9.89. The van der Waals surface area contributed by atoms with E-state index in [0.717, 1.165) is 31.5 Å². The van der Waals surface area contributed by atoms with Crippen LogP contribution in [0.4, 0.5) is 4.39 Å². The van der Waals surface area contributed by atoms with Gasteiger partial charge in [-0.3, -0.25) is 14.4 Å². The second-order valence-corrected chi connectivity index (χ2v) is 7.21. The van der Waals surface area contributed by atoms with Crippen molar-refractivity contribution in [3.63, 3.8) is 0 Å². The summed E-state index contributed by atoms with van der Waals surface area (Å²) in [7, 11) is 1.50. The Bertz CT molecular complexity index is 772. The number of benzene rings is 1. The molecule has 0 saturated carbocycles. The molecule has 0 bridgehead atoms. The van der Waals surface area contributed by atoms with Crippen molar-refractivity contribution in [1.82, 2.24) is 14.7 Å². The number of ketones is 1. The SMILES string of the molecule is COc1ccc(F)cc1C(=O)[C@H]1CCCN(Cc2cnn(C(C)C)c2)C1. The molecule has 1 saturated heterocycles. The lowest BCUT2D eigenvalue weighted by Crippen LogP contribution is -2.38. The fraction of sp³-hybridized carbons (Fsp3) is 0.500. The van der Waals surface area contributed by atoms with Crippen molar-refractivity contribution >= 4 is 5.78 Å². The topological polar surface area (TPSA) is 47.4 Å². The van der Waals surface area contributed by atoms with Crippen LogP contribution in [-0.2, 0) is 6.54 Å². The molecule has 1 aliphatic rings. The van der Waals surface area contributed by atoms with Gasteiger partial charge < -0.3 is 4.74 Å². The second-order valence-electron chi connectivity index (χ2n) is 7.21. The minimum Gasteiger partial charge on any atom is -0.496 e. The lowest BCUT2D eigenvalue weighted by Gasteiger charge is -2.31. The summed E-state index contributed by atoms with van der Waals surface area (Å²) in [5, 5.41) is 4.38. The predicted octanol–water partition coefficient (Wildman–Crippen LogP) is 3.71. The van der Waals surface area contributed by atoms with Gasteiger partial charge in [0.1, 0.15) is 11.6 Å². The smallest absolute Gasteiger partial charge is 0.171 e. The Morgan fingerprint density at radius 1 is 1.42 bits per heavy atom. The lowest BCUT2D eigenvalue weighted by molar-refractivity contribution is 0.0808. The Hall–Kier alpha value is -2.21. The molecule has 0 spiro atoms. The molecule has 1 aromatic carbocycles. The molecular formula is C20H26FN3O2. The minimum atomic E-state index is -0.414. The monoisotopic (exact) mass is 359 g/mol. The van der Waals surface area contributed by atoms with Gasteiger partial charge in [-0.1, -0.05) is 0 Å². The van der Waals surface area contributed by atoms with Crippen LogP contribution in [0.15, 0.2) is 30.6 Å². The molecule has 2 heterocycles. The van der Waals surface area contributed by atoms with E-state index in [1.54, 1.807) is 0 Å². The summed E-state index contributed by atoms with van der Waals surface area (Å²) in [6.07, 6.45) is 5.72. The normalized spacial score (nSPS) is 18.3. The molecular weight excluding hydrogens is 333 g/mol. The standard InChI is InChI=1S/C20H26FN3O2/c1-14(2)24-12-15(10-22-24)11-23-8-4-5-16(13-23)20(25)18-9-17(21)6-7-19(18)26-3/h6-7,9-10,12,14,16H,4-5,8,11,13H2,1-3H3/t16-/m0/s1. The minimum absolute atomic E-state index is 0.0380. The van der Waals surface area contributed by atoms with E-state index in [1.165, 1.54) is 25.3 Å². The molecule has 2 aromatic rings. The molecule has 0 N–H and O–H groups in total. The number of ether oxygens (including phenoxy) is 1. The van der Waals surface area contributed by atoms with Gasteiger partial charge in [-0.2, -0.15) is 5.10 Å². The van der Waals surface area contributed by atoms with E-state index < -0.39 is 5.82 Å². The van der Waals surface area contributed by atoms with Crippen LogP contribution in [0.5, 0.6) is 5.75 Å². The third-order valence-electron chi connectivity index (χ3n) is 4.89. The Kier molecular flexibility index (Phi) is 5.71. The average molecular weight is 359 g/mol. The van der Waals surface area contributed by atoms with Crippen molar-refractivity contribution in [3.8, 4) is 5.75 Å². The zero-order chi connectivity index (χ0) is 18.7.